The number of methoxy groups -OCH3 is 3. The van der Waals surface area contributed by atoms with Crippen molar-refractivity contribution in [3.8, 4) is 28.6 Å². The summed E-state index contributed by atoms with van der Waals surface area (Å²) in [6, 6.07) is 10.1. The van der Waals surface area contributed by atoms with Crippen molar-refractivity contribution < 1.29 is 19.0 Å². The Bertz CT molecular complexity index is 1210. The number of allylic oxidation sites excluding steroid dienone is 1. The number of carbonyl (C=O) groups excluding carboxylic acids is 1. The van der Waals surface area contributed by atoms with Gasteiger partial charge in [-0.1, -0.05) is 23.7 Å². The summed E-state index contributed by atoms with van der Waals surface area (Å²) < 4.78 is 18.0. The van der Waals surface area contributed by atoms with Crippen LogP contribution in [0.4, 0.5) is 5.95 Å². The number of rotatable bonds is 6. The molecule has 9 nitrogen and oxygen atoms in total. The number of fused-ring (bicyclic) bond motifs is 1. The first kappa shape index (κ1) is 21.5. The minimum atomic E-state index is -0.679. The molecule has 0 aliphatic carbocycles. The van der Waals surface area contributed by atoms with Crippen LogP contribution in [0.3, 0.4) is 0 Å². The van der Waals surface area contributed by atoms with E-state index in [1.165, 1.54) is 21.3 Å². The fourth-order valence-corrected chi connectivity index (χ4v) is 4.01. The number of hydrogen-bond donors (Lipinski definition) is 2. The molecule has 0 bridgehead atoms. The fraction of sp³-hybridized carbons (Fsp3) is 0.227. The monoisotopic (exact) mass is 455 g/mol. The number of anilines is 1. The Morgan fingerprint density at radius 1 is 1.12 bits per heavy atom. The van der Waals surface area contributed by atoms with Crippen molar-refractivity contribution >= 4 is 23.5 Å². The summed E-state index contributed by atoms with van der Waals surface area (Å²) in [5, 5.41) is 8.30. The molecule has 10 heteroatoms. The van der Waals surface area contributed by atoms with Gasteiger partial charge in [-0.2, -0.15) is 4.98 Å². The van der Waals surface area contributed by atoms with Crippen LogP contribution in [0.15, 0.2) is 47.7 Å². The molecule has 4 rings (SSSR count). The molecular weight excluding hydrogens is 434 g/mol. The highest BCUT2D eigenvalue weighted by atomic mass is 35.5. The summed E-state index contributed by atoms with van der Waals surface area (Å²) in [5.41, 5.74) is 8.01. The lowest BCUT2D eigenvalue weighted by Crippen LogP contribution is -2.31. The van der Waals surface area contributed by atoms with E-state index >= 15 is 0 Å². The molecule has 2 heterocycles. The Hall–Kier alpha value is -3.72. The SMILES string of the molecule is COc1cc([C@@H]2C(C(N)=O)=C(C)Nc3nc(-c4ccccc4Cl)nn32)cc(OC)c1OC. The number of ether oxygens (including phenoxy) is 3. The molecule has 1 amide bonds. The Morgan fingerprint density at radius 2 is 1.78 bits per heavy atom. The van der Waals surface area contributed by atoms with Gasteiger partial charge in [0, 0.05) is 11.3 Å². The van der Waals surface area contributed by atoms with Crippen LogP contribution >= 0.6 is 11.6 Å². The van der Waals surface area contributed by atoms with Gasteiger partial charge in [0.2, 0.25) is 17.6 Å². The van der Waals surface area contributed by atoms with Crippen molar-refractivity contribution in [2.45, 2.75) is 13.0 Å². The van der Waals surface area contributed by atoms with Gasteiger partial charge in [0.25, 0.3) is 0 Å². The number of carbonyl (C=O) groups is 1. The van der Waals surface area contributed by atoms with Gasteiger partial charge in [0.1, 0.15) is 6.04 Å². The molecule has 0 saturated carbocycles. The first-order chi connectivity index (χ1) is 15.4. The summed E-state index contributed by atoms with van der Waals surface area (Å²) in [6.07, 6.45) is 0. The van der Waals surface area contributed by atoms with Crippen molar-refractivity contribution in [2.75, 3.05) is 26.6 Å². The van der Waals surface area contributed by atoms with Crippen molar-refractivity contribution in [3.63, 3.8) is 0 Å². The van der Waals surface area contributed by atoms with E-state index in [0.29, 0.717) is 56.4 Å². The molecule has 0 radical (unpaired) electrons. The first-order valence-electron chi connectivity index (χ1n) is 9.68. The number of amides is 1. The van der Waals surface area contributed by atoms with Crippen molar-refractivity contribution in [1.29, 1.82) is 0 Å². The van der Waals surface area contributed by atoms with Crippen LogP contribution in [-0.2, 0) is 4.79 Å². The smallest absolute Gasteiger partial charge is 0.248 e. The van der Waals surface area contributed by atoms with Gasteiger partial charge in [-0.15, -0.1) is 5.10 Å². The van der Waals surface area contributed by atoms with Crippen molar-refractivity contribution in [3.05, 3.63) is 58.3 Å². The Labute approximate surface area is 189 Å². The lowest BCUT2D eigenvalue weighted by atomic mass is 9.94. The molecule has 1 aliphatic rings. The third-order valence-electron chi connectivity index (χ3n) is 5.24. The Morgan fingerprint density at radius 3 is 2.34 bits per heavy atom. The molecule has 3 N–H and O–H groups in total. The lowest BCUT2D eigenvalue weighted by Gasteiger charge is -2.28. The minimum absolute atomic E-state index is 0.336. The molecule has 2 aromatic carbocycles. The molecule has 32 heavy (non-hydrogen) atoms. The standard InChI is InChI=1S/C22H22ClN5O4/c1-11-17(20(24)29)18(12-9-15(30-2)19(32-4)16(10-12)31-3)28-22(25-11)26-21(27-28)13-7-5-6-8-14(13)23/h5-10,18H,1-4H3,(H2,24,29)(H,25,26,27)/t18-/m1/s1. The highest BCUT2D eigenvalue weighted by Gasteiger charge is 2.35. The summed E-state index contributed by atoms with van der Waals surface area (Å²) in [4.78, 5) is 17.1. The molecule has 166 valence electrons. The molecule has 3 aromatic rings. The van der Waals surface area contributed by atoms with Gasteiger partial charge in [-0.25, -0.2) is 4.68 Å². The van der Waals surface area contributed by atoms with Crippen LogP contribution in [0, 0.1) is 0 Å². The average Bonchev–Trinajstić information content (AvgIpc) is 3.20. The zero-order chi connectivity index (χ0) is 23.0. The van der Waals surface area contributed by atoms with E-state index in [9.17, 15) is 4.79 Å². The molecule has 0 unspecified atom stereocenters. The molecule has 0 fully saturated rings. The van der Waals surface area contributed by atoms with Gasteiger partial charge in [0.05, 0.1) is 31.9 Å². The van der Waals surface area contributed by atoms with E-state index in [-0.39, 0.29) is 0 Å². The summed E-state index contributed by atoms with van der Waals surface area (Å²) in [5.74, 6) is 1.58. The second kappa shape index (κ2) is 8.43. The summed E-state index contributed by atoms with van der Waals surface area (Å²) >= 11 is 6.35. The molecule has 0 saturated heterocycles. The largest absolute Gasteiger partial charge is 0.493 e. The quantitative estimate of drug-likeness (QED) is 0.585. The highest BCUT2D eigenvalue weighted by Crippen LogP contribution is 2.44. The van der Waals surface area contributed by atoms with Crippen LogP contribution in [0.1, 0.15) is 18.5 Å². The summed E-state index contributed by atoms with van der Waals surface area (Å²) in [7, 11) is 4.57. The maximum atomic E-state index is 12.5. The normalized spacial score (nSPS) is 15.1. The number of benzene rings is 2. The van der Waals surface area contributed by atoms with E-state index in [4.69, 9.17) is 31.5 Å². The first-order valence-corrected chi connectivity index (χ1v) is 10.1. The molecule has 1 aliphatic heterocycles. The predicted octanol–water partition coefficient (Wildman–Crippen LogP) is 3.40. The van der Waals surface area contributed by atoms with E-state index in [2.05, 4.69) is 15.4 Å². The maximum absolute atomic E-state index is 12.5. The van der Waals surface area contributed by atoms with Crippen LogP contribution in [0.2, 0.25) is 5.02 Å². The molecule has 1 atom stereocenters. The molecule has 0 spiro atoms. The zero-order valence-corrected chi connectivity index (χ0v) is 18.7. The minimum Gasteiger partial charge on any atom is -0.493 e. The van der Waals surface area contributed by atoms with E-state index in [0.717, 1.165) is 0 Å². The van der Waals surface area contributed by atoms with Gasteiger partial charge in [-0.05, 0) is 36.8 Å². The number of halogens is 1. The number of aromatic nitrogens is 3. The Balaban J connectivity index is 1.95. The maximum Gasteiger partial charge on any atom is 0.248 e. The van der Waals surface area contributed by atoms with Crippen molar-refractivity contribution in [2.24, 2.45) is 5.73 Å². The second-order valence-corrected chi connectivity index (χ2v) is 7.48. The fourth-order valence-electron chi connectivity index (χ4n) is 3.79. The van der Waals surface area contributed by atoms with Crippen LogP contribution < -0.4 is 25.3 Å². The van der Waals surface area contributed by atoms with E-state index in [1.54, 1.807) is 29.8 Å². The van der Waals surface area contributed by atoms with Gasteiger partial charge in [-0.3, -0.25) is 4.79 Å². The number of hydrogen-bond acceptors (Lipinski definition) is 7. The second-order valence-electron chi connectivity index (χ2n) is 7.07. The zero-order valence-electron chi connectivity index (χ0n) is 18.0. The summed E-state index contributed by atoms with van der Waals surface area (Å²) in [6.45, 7) is 1.76. The third-order valence-corrected chi connectivity index (χ3v) is 5.57. The van der Waals surface area contributed by atoms with Gasteiger partial charge in [0.15, 0.2) is 17.3 Å². The predicted molar refractivity (Wildman–Crippen MR) is 120 cm³/mol. The molecular formula is C22H22ClN5O4. The molecule has 1 aromatic heterocycles. The third kappa shape index (κ3) is 3.50. The Kier molecular flexibility index (Phi) is 5.67. The number of primary amides is 1. The van der Waals surface area contributed by atoms with Gasteiger partial charge >= 0.3 is 0 Å². The number of nitrogens with two attached hydrogens (primary N) is 1. The topological polar surface area (TPSA) is 114 Å². The van der Waals surface area contributed by atoms with Crippen LogP contribution in [0.5, 0.6) is 17.2 Å². The van der Waals surface area contributed by atoms with E-state index in [1.807, 2.05) is 18.2 Å². The van der Waals surface area contributed by atoms with Gasteiger partial charge < -0.3 is 25.3 Å². The number of nitrogens with one attached hydrogen (secondary N) is 1. The average molecular weight is 456 g/mol. The van der Waals surface area contributed by atoms with Crippen LogP contribution in [0.25, 0.3) is 11.4 Å². The van der Waals surface area contributed by atoms with E-state index < -0.39 is 11.9 Å². The van der Waals surface area contributed by atoms with Crippen LogP contribution in [-0.4, -0.2) is 42.0 Å². The lowest BCUT2D eigenvalue weighted by molar-refractivity contribution is -0.115. The highest BCUT2D eigenvalue weighted by molar-refractivity contribution is 6.33. The van der Waals surface area contributed by atoms with Crippen molar-refractivity contribution in [1.82, 2.24) is 14.8 Å². The number of nitrogens with zero attached hydrogens (tertiary/aromatic N) is 3.